The molecular weight excluding hydrogens is 574 g/mol. The lowest BCUT2D eigenvalue weighted by molar-refractivity contribution is 0.487. The van der Waals surface area contributed by atoms with Crippen molar-refractivity contribution in [2.45, 2.75) is 0 Å². The summed E-state index contributed by atoms with van der Waals surface area (Å²) in [5, 5.41) is 2.35. The van der Waals surface area contributed by atoms with E-state index in [0.717, 1.165) is 72.8 Å². The molecule has 2 aromatic heterocycles. The number of fused-ring (bicyclic) bond motifs is 2. The lowest BCUT2D eigenvalue weighted by Crippen LogP contribution is -1.97. The third kappa shape index (κ3) is 4.93. The predicted molar refractivity (Wildman–Crippen MR) is 190 cm³/mol. The molecule has 0 atom stereocenters. The molecule has 0 radical (unpaired) electrons. The summed E-state index contributed by atoms with van der Waals surface area (Å²) in [5.41, 5.74) is 11.6. The van der Waals surface area contributed by atoms with Gasteiger partial charge in [-0.2, -0.15) is 0 Å². The van der Waals surface area contributed by atoms with Crippen molar-refractivity contribution >= 4 is 10.8 Å². The van der Waals surface area contributed by atoms with Gasteiger partial charge in [0.05, 0.1) is 11.4 Å². The second-order valence-electron chi connectivity index (χ2n) is 11.7. The second kappa shape index (κ2) is 11.2. The van der Waals surface area contributed by atoms with Gasteiger partial charge in [0, 0.05) is 40.0 Å². The Morgan fingerprint density at radius 1 is 0.404 bits per heavy atom. The van der Waals surface area contributed by atoms with E-state index in [1.807, 2.05) is 42.6 Å². The summed E-state index contributed by atoms with van der Waals surface area (Å²) < 4.78 is 6.32. The van der Waals surface area contributed by atoms with Crippen molar-refractivity contribution in [1.82, 2.24) is 15.0 Å². The summed E-state index contributed by atoms with van der Waals surface area (Å²) in [7, 11) is 0. The van der Waals surface area contributed by atoms with Crippen molar-refractivity contribution in [1.29, 1.82) is 0 Å². The fraction of sp³-hybridized carbons (Fsp3) is 0. The summed E-state index contributed by atoms with van der Waals surface area (Å²) >= 11 is 0. The Bertz CT molecular complexity index is 2400. The van der Waals surface area contributed by atoms with Crippen LogP contribution in [0.15, 0.2) is 164 Å². The Morgan fingerprint density at radius 2 is 1.04 bits per heavy atom. The maximum absolute atomic E-state index is 6.32. The molecular formula is C43H27N3O. The van der Waals surface area contributed by atoms with Crippen molar-refractivity contribution < 1.29 is 4.74 Å². The third-order valence-corrected chi connectivity index (χ3v) is 8.80. The minimum absolute atomic E-state index is 0.697. The first-order chi connectivity index (χ1) is 23.3. The molecule has 8 aromatic rings. The van der Waals surface area contributed by atoms with Gasteiger partial charge >= 0.3 is 0 Å². The van der Waals surface area contributed by atoms with Crippen LogP contribution in [-0.2, 0) is 0 Å². The van der Waals surface area contributed by atoms with Crippen LogP contribution in [0.5, 0.6) is 11.5 Å². The molecule has 9 rings (SSSR count). The number of hydrogen-bond donors (Lipinski definition) is 0. The van der Waals surface area contributed by atoms with Crippen molar-refractivity contribution in [2.75, 3.05) is 0 Å². The lowest BCUT2D eigenvalue weighted by atomic mass is 9.92. The van der Waals surface area contributed by atoms with Crippen molar-refractivity contribution in [3.8, 4) is 78.8 Å². The van der Waals surface area contributed by atoms with Gasteiger partial charge in [-0.25, -0.2) is 9.97 Å². The average Bonchev–Trinajstić information content (AvgIpc) is 3.16. The molecule has 4 nitrogen and oxygen atoms in total. The maximum Gasteiger partial charge on any atom is 0.160 e. The second-order valence-corrected chi connectivity index (χ2v) is 11.7. The highest BCUT2D eigenvalue weighted by Gasteiger charge is 2.20. The molecule has 0 aliphatic carbocycles. The average molecular weight is 602 g/mol. The number of benzene rings is 6. The number of ether oxygens (including phenoxy) is 1. The van der Waals surface area contributed by atoms with Crippen LogP contribution in [0.3, 0.4) is 0 Å². The highest BCUT2D eigenvalue weighted by molar-refractivity contribution is 6.04. The maximum atomic E-state index is 6.32. The van der Waals surface area contributed by atoms with Crippen molar-refractivity contribution in [2.24, 2.45) is 0 Å². The standard InChI is InChI=1S/C43H27N3O/c1-2-7-33(8-3-1)43-45-38(26-39(46-43)31-20-16-29(17-21-31)35-11-6-24-44-27-35)30-18-14-28(15-19-30)34-22-23-40-37(25-34)36-12-4-9-32-10-5-13-41(47-40)42(32)36/h1-27H. The topological polar surface area (TPSA) is 47.9 Å². The van der Waals surface area contributed by atoms with E-state index >= 15 is 0 Å². The molecule has 0 amide bonds. The molecule has 0 saturated carbocycles. The van der Waals surface area contributed by atoms with Gasteiger partial charge in [-0.15, -0.1) is 0 Å². The van der Waals surface area contributed by atoms with E-state index in [-0.39, 0.29) is 0 Å². The highest BCUT2D eigenvalue weighted by Crippen LogP contribution is 2.47. The molecule has 0 saturated heterocycles. The fourth-order valence-electron chi connectivity index (χ4n) is 6.40. The fourth-order valence-corrected chi connectivity index (χ4v) is 6.40. The monoisotopic (exact) mass is 601 g/mol. The molecule has 0 bridgehead atoms. The van der Waals surface area contributed by atoms with Gasteiger partial charge in [0.25, 0.3) is 0 Å². The van der Waals surface area contributed by atoms with Crippen LogP contribution < -0.4 is 4.74 Å². The molecule has 47 heavy (non-hydrogen) atoms. The molecule has 0 N–H and O–H groups in total. The molecule has 1 aliphatic heterocycles. The van der Waals surface area contributed by atoms with Crippen LogP contribution in [0.2, 0.25) is 0 Å². The Labute approximate surface area is 272 Å². The van der Waals surface area contributed by atoms with E-state index in [1.165, 1.54) is 10.9 Å². The first-order valence-electron chi connectivity index (χ1n) is 15.7. The molecule has 4 heteroatoms. The lowest BCUT2D eigenvalue weighted by Gasteiger charge is -2.22. The minimum Gasteiger partial charge on any atom is -0.456 e. The van der Waals surface area contributed by atoms with E-state index in [0.29, 0.717) is 5.82 Å². The molecule has 0 spiro atoms. The molecule has 3 heterocycles. The zero-order valence-electron chi connectivity index (χ0n) is 25.3. The zero-order chi connectivity index (χ0) is 31.2. The number of hydrogen-bond acceptors (Lipinski definition) is 4. The Morgan fingerprint density at radius 3 is 1.74 bits per heavy atom. The van der Waals surface area contributed by atoms with Crippen LogP contribution >= 0.6 is 0 Å². The Kier molecular flexibility index (Phi) is 6.43. The highest BCUT2D eigenvalue weighted by atomic mass is 16.5. The van der Waals surface area contributed by atoms with Gasteiger partial charge in [0.15, 0.2) is 5.82 Å². The zero-order valence-corrected chi connectivity index (χ0v) is 25.3. The van der Waals surface area contributed by atoms with Crippen LogP contribution in [-0.4, -0.2) is 15.0 Å². The molecule has 220 valence electrons. The van der Waals surface area contributed by atoms with Crippen molar-refractivity contribution in [3.05, 3.63) is 164 Å². The smallest absolute Gasteiger partial charge is 0.160 e. The van der Waals surface area contributed by atoms with Gasteiger partial charge in [0.1, 0.15) is 11.5 Å². The summed E-state index contributed by atoms with van der Waals surface area (Å²) in [6.45, 7) is 0. The summed E-state index contributed by atoms with van der Waals surface area (Å²) in [6, 6.07) is 52.5. The Balaban J connectivity index is 1.08. The first-order valence-corrected chi connectivity index (χ1v) is 15.7. The summed E-state index contributed by atoms with van der Waals surface area (Å²) in [4.78, 5) is 14.3. The van der Waals surface area contributed by atoms with Crippen LogP contribution in [0, 0.1) is 0 Å². The molecule has 6 aromatic carbocycles. The van der Waals surface area contributed by atoms with Gasteiger partial charge in [-0.3, -0.25) is 4.98 Å². The van der Waals surface area contributed by atoms with Crippen LogP contribution in [0.25, 0.3) is 78.1 Å². The Hall–Kier alpha value is -6.39. The summed E-state index contributed by atoms with van der Waals surface area (Å²) in [5.74, 6) is 2.49. The van der Waals surface area contributed by atoms with Crippen molar-refractivity contribution in [3.63, 3.8) is 0 Å². The number of nitrogens with zero attached hydrogens (tertiary/aromatic N) is 3. The van der Waals surface area contributed by atoms with E-state index in [2.05, 4.69) is 120 Å². The van der Waals surface area contributed by atoms with E-state index in [4.69, 9.17) is 14.7 Å². The van der Waals surface area contributed by atoms with Crippen LogP contribution in [0.1, 0.15) is 0 Å². The first kappa shape index (κ1) is 27.0. The minimum atomic E-state index is 0.697. The number of pyridine rings is 1. The van der Waals surface area contributed by atoms with Gasteiger partial charge in [-0.05, 0) is 63.5 Å². The van der Waals surface area contributed by atoms with E-state index in [1.54, 1.807) is 6.20 Å². The largest absolute Gasteiger partial charge is 0.456 e. The predicted octanol–water partition coefficient (Wildman–Crippen LogP) is 11.1. The van der Waals surface area contributed by atoms with Crippen LogP contribution in [0.4, 0.5) is 0 Å². The number of rotatable bonds is 5. The van der Waals surface area contributed by atoms with Gasteiger partial charge in [0.2, 0.25) is 0 Å². The third-order valence-electron chi connectivity index (χ3n) is 8.80. The van der Waals surface area contributed by atoms with Gasteiger partial charge in [-0.1, -0.05) is 121 Å². The quantitative estimate of drug-likeness (QED) is 0.197. The SMILES string of the molecule is c1ccc(-c2nc(-c3ccc(-c4cccnc4)cc3)cc(-c3ccc(-c4ccc5c(c4)-c4cccc6cccc(c46)O5)cc3)n2)cc1. The summed E-state index contributed by atoms with van der Waals surface area (Å²) in [6.07, 6.45) is 3.67. The molecule has 1 aliphatic rings. The van der Waals surface area contributed by atoms with Gasteiger partial charge < -0.3 is 4.74 Å². The number of aromatic nitrogens is 3. The van der Waals surface area contributed by atoms with E-state index in [9.17, 15) is 0 Å². The molecule has 0 unspecified atom stereocenters. The molecule has 0 fully saturated rings. The van der Waals surface area contributed by atoms with E-state index < -0.39 is 0 Å². The normalized spacial score (nSPS) is 11.6.